The molecule has 30 heavy (non-hydrogen) atoms. The topological polar surface area (TPSA) is 67.1 Å². The van der Waals surface area contributed by atoms with Gasteiger partial charge in [0.1, 0.15) is 5.76 Å². The van der Waals surface area contributed by atoms with Gasteiger partial charge in [0, 0.05) is 10.9 Å². The van der Waals surface area contributed by atoms with Crippen LogP contribution in [-0.4, -0.2) is 26.5 Å². The summed E-state index contributed by atoms with van der Waals surface area (Å²) in [6.45, 7) is 4.52. The predicted octanol–water partition coefficient (Wildman–Crippen LogP) is 5.36. The quantitative estimate of drug-likeness (QED) is 0.368. The third-order valence-electron chi connectivity index (χ3n) is 5.39. The first kappa shape index (κ1) is 20.1. The van der Waals surface area contributed by atoms with Gasteiger partial charge in [-0.3, -0.25) is 4.79 Å². The Morgan fingerprint density at radius 2 is 1.97 bits per heavy atom. The van der Waals surface area contributed by atoms with Crippen LogP contribution < -0.4 is 14.2 Å². The van der Waals surface area contributed by atoms with Crippen LogP contribution in [0.4, 0.5) is 0 Å². The number of ether oxygens (including phenoxy) is 4. The molecule has 6 heteroatoms. The molecule has 1 unspecified atom stereocenters. The number of hydrogen-bond donors (Lipinski definition) is 0. The zero-order valence-electron chi connectivity index (χ0n) is 17.5. The maximum Gasteiger partial charge on any atom is 0.308 e. The Labute approximate surface area is 175 Å². The Hall–Kier alpha value is -3.15. The Morgan fingerprint density at radius 1 is 1.13 bits per heavy atom. The minimum Gasteiger partial charge on any atom is -0.493 e. The van der Waals surface area contributed by atoms with Gasteiger partial charge in [-0.05, 0) is 61.2 Å². The maximum atomic E-state index is 11.8. The van der Waals surface area contributed by atoms with Crippen molar-refractivity contribution in [1.29, 1.82) is 0 Å². The molecule has 4 rings (SSSR count). The van der Waals surface area contributed by atoms with Crippen molar-refractivity contribution in [2.75, 3.05) is 20.5 Å². The normalized spacial score (nSPS) is 13.4. The van der Waals surface area contributed by atoms with Crippen molar-refractivity contribution in [3.8, 4) is 28.6 Å². The summed E-state index contributed by atoms with van der Waals surface area (Å²) < 4.78 is 27.8. The third kappa shape index (κ3) is 4.08. The van der Waals surface area contributed by atoms with E-state index >= 15 is 0 Å². The maximum absolute atomic E-state index is 11.8. The van der Waals surface area contributed by atoms with Crippen LogP contribution in [0.25, 0.3) is 22.3 Å². The number of aryl methyl sites for hydroxylation is 1. The van der Waals surface area contributed by atoms with Crippen molar-refractivity contribution < 1.29 is 28.2 Å². The van der Waals surface area contributed by atoms with E-state index < -0.39 is 0 Å². The van der Waals surface area contributed by atoms with Crippen molar-refractivity contribution in [3.63, 3.8) is 0 Å². The average Bonchev–Trinajstić information content (AvgIpc) is 3.41. The van der Waals surface area contributed by atoms with E-state index in [2.05, 4.69) is 6.07 Å². The van der Waals surface area contributed by atoms with Crippen molar-refractivity contribution >= 4 is 16.9 Å². The van der Waals surface area contributed by atoms with E-state index in [9.17, 15) is 4.79 Å². The highest BCUT2D eigenvalue weighted by Gasteiger charge is 2.17. The number of hydrogen-bond acceptors (Lipinski definition) is 6. The second-order valence-electron chi connectivity index (χ2n) is 7.48. The molecule has 0 radical (unpaired) electrons. The molecule has 0 saturated heterocycles. The molecule has 0 spiro atoms. The number of furan rings is 1. The summed E-state index contributed by atoms with van der Waals surface area (Å²) in [5.74, 6) is 2.69. The van der Waals surface area contributed by atoms with Crippen molar-refractivity contribution in [2.45, 2.75) is 33.1 Å². The standard InChI is InChI=1S/C24H26O6/c1-4-15(2)24(25)27-9-5-6-16-10-18-13-20(30-23(18)22(11-16)26-3)17-7-8-19-21(12-17)29-14-28-19/h7-8,10-13,15H,4-6,9,14H2,1-3H3. The van der Waals surface area contributed by atoms with Gasteiger partial charge >= 0.3 is 5.97 Å². The lowest BCUT2D eigenvalue weighted by Crippen LogP contribution is -2.14. The summed E-state index contributed by atoms with van der Waals surface area (Å²) in [5, 5.41) is 0.966. The second kappa shape index (κ2) is 8.69. The van der Waals surface area contributed by atoms with Gasteiger partial charge in [-0.25, -0.2) is 0 Å². The fourth-order valence-electron chi connectivity index (χ4n) is 3.43. The van der Waals surface area contributed by atoms with E-state index in [4.69, 9.17) is 23.4 Å². The molecule has 2 heterocycles. The number of esters is 1. The van der Waals surface area contributed by atoms with Gasteiger partial charge in [0.05, 0.1) is 19.6 Å². The molecule has 3 aromatic rings. The van der Waals surface area contributed by atoms with Crippen LogP contribution in [0.3, 0.4) is 0 Å². The van der Waals surface area contributed by atoms with Crippen molar-refractivity contribution in [1.82, 2.24) is 0 Å². The summed E-state index contributed by atoms with van der Waals surface area (Å²) in [6.07, 6.45) is 2.33. The first-order valence-electron chi connectivity index (χ1n) is 10.3. The predicted molar refractivity (Wildman–Crippen MR) is 113 cm³/mol. The fourth-order valence-corrected chi connectivity index (χ4v) is 3.43. The van der Waals surface area contributed by atoms with E-state index in [1.165, 1.54) is 0 Å². The molecule has 0 bridgehead atoms. The van der Waals surface area contributed by atoms with Gasteiger partial charge in [-0.2, -0.15) is 0 Å². The lowest BCUT2D eigenvalue weighted by atomic mass is 10.1. The smallest absolute Gasteiger partial charge is 0.308 e. The number of fused-ring (bicyclic) bond motifs is 2. The Bertz CT molecular complexity index is 1050. The van der Waals surface area contributed by atoms with Gasteiger partial charge in [-0.1, -0.05) is 13.8 Å². The number of carbonyl (C=O) groups is 1. The van der Waals surface area contributed by atoms with E-state index in [1.54, 1.807) is 7.11 Å². The summed E-state index contributed by atoms with van der Waals surface area (Å²) in [5.41, 5.74) is 2.73. The van der Waals surface area contributed by atoms with E-state index in [0.717, 1.165) is 47.3 Å². The molecule has 1 atom stereocenters. The van der Waals surface area contributed by atoms with Gasteiger partial charge in [0.25, 0.3) is 0 Å². The Balaban J connectivity index is 1.50. The minimum absolute atomic E-state index is 0.0537. The van der Waals surface area contributed by atoms with Crippen LogP contribution in [0.2, 0.25) is 0 Å². The highest BCUT2D eigenvalue weighted by atomic mass is 16.7. The van der Waals surface area contributed by atoms with Crippen LogP contribution in [0.1, 0.15) is 32.3 Å². The monoisotopic (exact) mass is 410 g/mol. The molecule has 1 aliphatic rings. The van der Waals surface area contributed by atoms with Gasteiger partial charge in [0.15, 0.2) is 22.8 Å². The largest absolute Gasteiger partial charge is 0.493 e. The zero-order chi connectivity index (χ0) is 21.1. The van der Waals surface area contributed by atoms with E-state index in [0.29, 0.717) is 23.7 Å². The number of methoxy groups -OCH3 is 1. The SMILES string of the molecule is CCC(C)C(=O)OCCCc1cc(OC)c2oc(-c3ccc4c(c3)OCO4)cc2c1. The lowest BCUT2D eigenvalue weighted by Gasteiger charge is -2.09. The molecule has 1 aliphatic heterocycles. The van der Waals surface area contributed by atoms with Gasteiger partial charge < -0.3 is 23.4 Å². The summed E-state index contributed by atoms with van der Waals surface area (Å²) in [6, 6.07) is 11.8. The van der Waals surface area contributed by atoms with Crippen LogP contribution in [0.5, 0.6) is 17.2 Å². The number of benzene rings is 2. The summed E-state index contributed by atoms with van der Waals surface area (Å²) in [4.78, 5) is 11.8. The van der Waals surface area contributed by atoms with Gasteiger partial charge in [0.2, 0.25) is 6.79 Å². The molecule has 158 valence electrons. The highest BCUT2D eigenvalue weighted by molar-refractivity contribution is 5.88. The van der Waals surface area contributed by atoms with Crippen LogP contribution >= 0.6 is 0 Å². The van der Waals surface area contributed by atoms with Crippen LogP contribution in [0.15, 0.2) is 40.8 Å². The molecule has 0 saturated carbocycles. The third-order valence-corrected chi connectivity index (χ3v) is 5.39. The summed E-state index contributed by atoms with van der Waals surface area (Å²) in [7, 11) is 1.63. The Kier molecular flexibility index (Phi) is 5.84. The molecule has 0 aliphatic carbocycles. The van der Waals surface area contributed by atoms with E-state index in [1.807, 2.05) is 44.2 Å². The molecule has 0 amide bonds. The summed E-state index contributed by atoms with van der Waals surface area (Å²) >= 11 is 0. The second-order valence-corrected chi connectivity index (χ2v) is 7.48. The zero-order valence-corrected chi connectivity index (χ0v) is 17.5. The fraction of sp³-hybridized carbons (Fsp3) is 0.375. The molecule has 6 nitrogen and oxygen atoms in total. The van der Waals surface area contributed by atoms with E-state index in [-0.39, 0.29) is 18.7 Å². The van der Waals surface area contributed by atoms with Crippen molar-refractivity contribution in [2.24, 2.45) is 5.92 Å². The first-order chi connectivity index (χ1) is 14.6. The average molecular weight is 410 g/mol. The molecule has 2 aromatic carbocycles. The Morgan fingerprint density at radius 3 is 2.77 bits per heavy atom. The number of carbonyl (C=O) groups excluding carboxylic acids is 1. The van der Waals surface area contributed by atoms with Crippen LogP contribution in [0, 0.1) is 5.92 Å². The lowest BCUT2D eigenvalue weighted by molar-refractivity contribution is -0.148. The molecule has 0 fully saturated rings. The van der Waals surface area contributed by atoms with Crippen molar-refractivity contribution in [3.05, 3.63) is 42.0 Å². The number of rotatable bonds is 8. The first-order valence-corrected chi connectivity index (χ1v) is 10.3. The molecular formula is C24H26O6. The molecule has 0 N–H and O–H groups in total. The molecular weight excluding hydrogens is 384 g/mol. The van der Waals surface area contributed by atoms with Gasteiger partial charge in [-0.15, -0.1) is 0 Å². The minimum atomic E-state index is -0.131. The van der Waals surface area contributed by atoms with Crippen LogP contribution in [-0.2, 0) is 16.0 Å². The highest BCUT2D eigenvalue weighted by Crippen LogP contribution is 2.39. The molecule has 1 aromatic heterocycles.